The van der Waals surface area contributed by atoms with E-state index in [0.29, 0.717) is 23.8 Å². The first-order valence-electron chi connectivity index (χ1n) is 8.40. The molecule has 4 unspecified atom stereocenters. The summed E-state index contributed by atoms with van der Waals surface area (Å²) in [6.07, 6.45) is 7.75. The largest absolute Gasteiger partial charge is 0.353 e. The van der Waals surface area contributed by atoms with Crippen LogP contribution in [0.4, 0.5) is 0 Å². The third kappa shape index (κ3) is 2.87. The molecule has 1 N–H and O–H groups in total. The molecule has 6 nitrogen and oxygen atoms in total. The van der Waals surface area contributed by atoms with Gasteiger partial charge in [0, 0.05) is 6.04 Å². The van der Waals surface area contributed by atoms with Crippen molar-refractivity contribution in [2.75, 3.05) is 5.75 Å². The summed E-state index contributed by atoms with van der Waals surface area (Å²) in [5, 5.41) is 15.7. The van der Waals surface area contributed by atoms with Gasteiger partial charge in [-0.15, -0.1) is 5.10 Å². The monoisotopic (exact) mass is 321 g/mol. The minimum atomic E-state index is 0.102. The summed E-state index contributed by atoms with van der Waals surface area (Å²) in [6.45, 7) is 2.17. The molecule has 3 aliphatic carbocycles. The summed E-state index contributed by atoms with van der Waals surface area (Å²) in [5.74, 6) is 2.95. The molecule has 2 bridgehead atoms. The first kappa shape index (κ1) is 14.5. The standard InChI is InChI=1S/C15H23N5OS/c1-9(13-7-10-2-3-11(13)6-10)16-14(21)8-22-15-17-18-19-20(15)12-4-5-12/h9-13H,2-8H2,1H3,(H,16,21). The maximum absolute atomic E-state index is 12.2. The average Bonchev–Trinajstić information content (AvgIpc) is 2.95. The normalized spacial score (nSPS) is 31.4. The third-order valence-corrected chi connectivity index (χ3v) is 6.44. The Balaban J connectivity index is 1.26. The van der Waals surface area contributed by atoms with Crippen molar-refractivity contribution in [3.05, 3.63) is 0 Å². The van der Waals surface area contributed by atoms with Crippen LogP contribution in [0, 0.1) is 17.8 Å². The summed E-state index contributed by atoms with van der Waals surface area (Å²) in [6, 6.07) is 0.747. The van der Waals surface area contributed by atoms with Gasteiger partial charge in [-0.3, -0.25) is 4.79 Å². The Morgan fingerprint density at radius 2 is 2.23 bits per heavy atom. The van der Waals surface area contributed by atoms with Gasteiger partial charge in [-0.05, 0) is 67.2 Å². The average molecular weight is 321 g/mol. The summed E-state index contributed by atoms with van der Waals surface area (Å²) in [5.41, 5.74) is 0. The molecule has 0 spiro atoms. The molecule has 22 heavy (non-hydrogen) atoms. The van der Waals surface area contributed by atoms with Crippen molar-refractivity contribution in [2.45, 2.75) is 62.7 Å². The Bertz CT molecular complexity index is 558. The van der Waals surface area contributed by atoms with Gasteiger partial charge < -0.3 is 5.32 Å². The highest BCUT2D eigenvalue weighted by atomic mass is 32.2. The predicted octanol–water partition coefficient (Wildman–Crippen LogP) is 2.04. The lowest BCUT2D eigenvalue weighted by Crippen LogP contribution is -2.40. The van der Waals surface area contributed by atoms with Crippen molar-refractivity contribution in [1.82, 2.24) is 25.5 Å². The van der Waals surface area contributed by atoms with Crippen molar-refractivity contribution >= 4 is 17.7 Å². The van der Waals surface area contributed by atoms with E-state index in [0.717, 1.165) is 29.8 Å². The number of aromatic nitrogens is 4. The Morgan fingerprint density at radius 1 is 1.36 bits per heavy atom. The summed E-state index contributed by atoms with van der Waals surface area (Å²) in [7, 11) is 0. The van der Waals surface area contributed by atoms with Crippen molar-refractivity contribution in [2.24, 2.45) is 17.8 Å². The number of hydrogen-bond acceptors (Lipinski definition) is 5. The zero-order chi connectivity index (χ0) is 15.1. The molecular formula is C15H23N5OS. The van der Waals surface area contributed by atoms with Crippen molar-refractivity contribution in [1.29, 1.82) is 0 Å². The molecule has 3 fully saturated rings. The van der Waals surface area contributed by atoms with Gasteiger partial charge in [-0.25, -0.2) is 4.68 Å². The number of nitrogens with one attached hydrogen (secondary N) is 1. The number of carbonyl (C=O) groups is 1. The van der Waals surface area contributed by atoms with E-state index in [1.165, 1.54) is 37.4 Å². The molecule has 120 valence electrons. The van der Waals surface area contributed by atoms with Crippen molar-refractivity contribution in [3.8, 4) is 0 Å². The highest BCUT2D eigenvalue weighted by Gasteiger charge is 2.42. The number of thioether (sulfide) groups is 1. The van der Waals surface area contributed by atoms with E-state index < -0.39 is 0 Å². The van der Waals surface area contributed by atoms with Crippen LogP contribution < -0.4 is 5.32 Å². The van der Waals surface area contributed by atoms with Crippen LogP contribution in [0.15, 0.2) is 5.16 Å². The van der Waals surface area contributed by atoms with Gasteiger partial charge in [-0.2, -0.15) is 0 Å². The van der Waals surface area contributed by atoms with E-state index >= 15 is 0 Å². The molecule has 0 radical (unpaired) electrons. The Kier molecular flexibility index (Phi) is 3.84. The Morgan fingerprint density at radius 3 is 2.91 bits per heavy atom. The molecular weight excluding hydrogens is 298 g/mol. The van der Waals surface area contributed by atoms with E-state index in [2.05, 4.69) is 27.8 Å². The van der Waals surface area contributed by atoms with Crippen LogP contribution in [-0.4, -0.2) is 37.9 Å². The molecule has 3 saturated carbocycles. The van der Waals surface area contributed by atoms with Crippen LogP contribution in [-0.2, 0) is 4.79 Å². The second-order valence-electron chi connectivity index (χ2n) is 7.12. The fourth-order valence-corrected chi connectivity index (χ4v) is 5.02. The zero-order valence-corrected chi connectivity index (χ0v) is 13.8. The number of nitrogens with zero attached hydrogens (tertiary/aromatic N) is 4. The van der Waals surface area contributed by atoms with Gasteiger partial charge in [0.15, 0.2) is 0 Å². The van der Waals surface area contributed by atoms with E-state index in [4.69, 9.17) is 0 Å². The Hall–Kier alpha value is -1.11. The zero-order valence-electron chi connectivity index (χ0n) is 12.9. The molecule has 3 aliphatic rings. The van der Waals surface area contributed by atoms with E-state index in [-0.39, 0.29) is 5.91 Å². The smallest absolute Gasteiger partial charge is 0.230 e. The lowest BCUT2D eigenvalue weighted by Gasteiger charge is -2.28. The second kappa shape index (κ2) is 5.83. The van der Waals surface area contributed by atoms with E-state index in [9.17, 15) is 4.79 Å². The van der Waals surface area contributed by atoms with Crippen LogP contribution in [0.1, 0.15) is 51.5 Å². The molecule has 0 saturated heterocycles. The number of tetrazole rings is 1. The van der Waals surface area contributed by atoms with Crippen LogP contribution in [0.5, 0.6) is 0 Å². The number of rotatable bonds is 6. The topological polar surface area (TPSA) is 72.7 Å². The minimum Gasteiger partial charge on any atom is -0.353 e. The van der Waals surface area contributed by atoms with Gasteiger partial charge in [0.25, 0.3) is 0 Å². The highest BCUT2D eigenvalue weighted by molar-refractivity contribution is 7.99. The van der Waals surface area contributed by atoms with Gasteiger partial charge in [0.05, 0.1) is 11.8 Å². The van der Waals surface area contributed by atoms with Crippen LogP contribution >= 0.6 is 11.8 Å². The molecule has 4 rings (SSSR count). The lowest BCUT2D eigenvalue weighted by atomic mass is 9.84. The van der Waals surface area contributed by atoms with Crippen molar-refractivity contribution in [3.63, 3.8) is 0 Å². The number of hydrogen-bond donors (Lipinski definition) is 1. The summed E-state index contributed by atoms with van der Waals surface area (Å²) in [4.78, 5) is 12.2. The van der Waals surface area contributed by atoms with E-state index in [1.807, 2.05) is 4.68 Å². The van der Waals surface area contributed by atoms with Crippen LogP contribution in [0.3, 0.4) is 0 Å². The molecule has 1 aromatic heterocycles. The van der Waals surface area contributed by atoms with Gasteiger partial charge in [0.2, 0.25) is 11.1 Å². The fourth-order valence-electron chi connectivity index (χ4n) is 4.27. The molecule has 0 aromatic carbocycles. The van der Waals surface area contributed by atoms with Gasteiger partial charge >= 0.3 is 0 Å². The maximum Gasteiger partial charge on any atom is 0.230 e. The number of carbonyl (C=O) groups excluding carboxylic acids is 1. The van der Waals surface area contributed by atoms with Crippen LogP contribution in [0.2, 0.25) is 0 Å². The number of amides is 1. The molecule has 7 heteroatoms. The minimum absolute atomic E-state index is 0.102. The fraction of sp³-hybridized carbons (Fsp3) is 0.867. The summed E-state index contributed by atoms with van der Waals surface area (Å²) < 4.78 is 1.86. The lowest BCUT2D eigenvalue weighted by molar-refractivity contribution is -0.119. The van der Waals surface area contributed by atoms with Crippen LogP contribution in [0.25, 0.3) is 0 Å². The molecule has 1 aromatic rings. The molecule has 0 aliphatic heterocycles. The quantitative estimate of drug-likeness (QED) is 0.812. The first-order chi connectivity index (χ1) is 10.7. The SMILES string of the molecule is CC(NC(=O)CSc1nnnn1C1CC1)C1CC2CCC1C2. The summed E-state index contributed by atoms with van der Waals surface area (Å²) >= 11 is 1.44. The molecule has 1 amide bonds. The van der Waals surface area contributed by atoms with E-state index in [1.54, 1.807) is 0 Å². The van der Waals surface area contributed by atoms with Crippen molar-refractivity contribution < 1.29 is 4.79 Å². The Labute approximate surface area is 134 Å². The first-order valence-corrected chi connectivity index (χ1v) is 9.39. The molecule has 1 heterocycles. The second-order valence-corrected chi connectivity index (χ2v) is 8.06. The van der Waals surface area contributed by atoms with Gasteiger partial charge in [0.1, 0.15) is 0 Å². The molecule has 4 atom stereocenters. The highest BCUT2D eigenvalue weighted by Crippen LogP contribution is 2.49. The maximum atomic E-state index is 12.2. The van der Waals surface area contributed by atoms with Gasteiger partial charge in [-0.1, -0.05) is 18.2 Å². The number of fused-ring (bicyclic) bond motifs is 2. The third-order valence-electron chi connectivity index (χ3n) is 5.51. The predicted molar refractivity (Wildman–Crippen MR) is 83.4 cm³/mol.